The van der Waals surface area contributed by atoms with Crippen molar-refractivity contribution < 1.29 is 23.8 Å². The Hall–Kier alpha value is -3.32. The van der Waals surface area contributed by atoms with Gasteiger partial charge in [-0.25, -0.2) is 0 Å². The molecule has 0 aliphatic carbocycles. The van der Waals surface area contributed by atoms with Crippen molar-refractivity contribution in [3.63, 3.8) is 0 Å². The van der Waals surface area contributed by atoms with Crippen LogP contribution < -0.4 is 14.8 Å². The summed E-state index contributed by atoms with van der Waals surface area (Å²) in [4.78, 5) is 26.7. The van der Waals surface area contributed by atoms with Crippen LogP contribution in [0.15, 0.2) is 48.5 Å². The molecule has 7 nitrogen and oxygen atoms in total. The molecule has 7 heteroatoms. The van der Waals surface area contributed by atoms with Crippen molar-refractivity contribution in [2.75, 3.05) is 45.3 Å². The van der Waals surface area contributed by atoms with E-state index in [9.17, 15) is 9.59 Å². The lowest BCUT2D eigenvalue weighted by Crippen LogP contribution is -2.40. The number of amides is 2. The van der Waals surface area contributed by atoms with E-state index in [4.69, 9.17) is 14.2 Å². The molecule has 2 aromatic carbocycles. The molecule has 1 aliphatic rings. The summed E-state index contributed by atoms with van der Waals surface area (Å²) < 4.78 is 16.1. The molecular weight excluding hydrogens is 384 g/mol. The molecule has 0 spiro atoms. The molecule has 158 valence electrons. The molecule has 2 amide bonds. The van der Waals surface area contributed by atoms with Gasteiger partial charge in [0.1, 0.15) is 0 Å². The van der Waals surface area contributed by atoms with E-state index >= 15 is 0 Å². The number of ether oxygens (including phenoxy) is 3. The third kappa shape index (κ3) is 5.61. The van der Waals surface area contributed by atoms with Gasteiger partial charge in [-0.3, -0.25) is 9.59 Å². The van der Waals surface area contributed by atoms with Crippen LogP contribution >= 0.6 is 0 Å². The van der Waals surface area contributed by atoms with Gasteiger partial charge in [0.2, 0.25) is 5.91 Å². The zero-order chi connectivity index (χ0) is 21.3. The Morgan fingerprint density at radius 1 is 1.13 bits per heavy atom. The predicted molar refractivity (Wildman–Crippen MR) is 115 cm³/mol. The summed E-state index contributed by atoms with van der Waals surface area (Å²) in [7, 11) is 1.57. The average Bonchev–Trinajstić information content (AvgIpc) is 2.79. The Kier molecular flexibility index (Phi) is 7.45. The fourth-order valence-corrected chi connectivity index (χ4v) is 3.10. The van der Waals surface area contributed by atoms with Gasteiger partial charge in [0.15, 0.2) is 11.5 Å². The summed E-state index contributed by atoms with van der Waals surface area (Å²) in [5.74, 6) is 0.905. The number of carbonyl (C=O) groups is 2. The predicted octanol–water partition coefficient (Wildman–Crippen LogP) is 3.22. The van der Waals surface area contributed by atoms with Crippen LogP contribution in [0.1, 0.15) is 22.8 Å². The van der Waals surface area contributed by atoms with Gasteiger partial charge in [0, 0.05) is 30.4 Å². The second-order valence-electron chi connectivity index (χ2n) is 6.65. The van der Waals surface area contributed by atoms with E-state index in [0.29, 0.717) is 55.7 Å². The highest BCUT2D eigenvalue weighted by Crippen LogP contribution is 2.28. The summed E-state index contributed by atoms with van der Waals surface area (Å²) in [6.07, 6.45) is 3.13. The molecule has 1 fully saturated rings. The van der Waals surface area contributed by atoms with Crippen LogP contribution in [-0.2, 0) is 9.53 Å². The lowest BCUT2D eigenvalue weighted by molar-refractivity contribution is -0.111. The normalized spacial score (nSPS) is 13.9. The maximum absolute atomic E-state index is 12.6. The zero-order valence-electron chi connectivity index (χ0n) is 17.2. The SMILES string of the molecule is CCOc1ccc(C=CC(=O)Nc2cccc(C(=O)N3CCOCC3)c2)cc1OC. The first-order chi connectivity index (χ1) is 14.6. The minimum Gasteiger partial charge on any atom is -0.493 e. The number of nitrogens with one attached hydrogen (secondary N) is 1. The largest absolute Gasteiger partial charge is 0.493 e. The average molecular weight is 410 g/mol. The highest BCUT2D eigenvalue weighted by atomic mass is 16.5. The molecule has 0 radical (unpaired) electrons. The molecule has 30 heavy (non-hydrogen) atoms. The molecule has 2 aromatic rings. The third-order valence-electron chi connectivity index (χ3n) is 4.59. The van der Waals surface area contributed by atoms with Crippen LogP contribution in [0.4, 0.5) is 5.69 Å². The second-order valence-corrected chi connectivity index (χ2v) is 6.65. The molecule has 0 atom stereocenters. The maximum Gasteiger partial charge on any atom is 0.254 e. The number of benzene rings is 2. The molecule has 3 rings (SSSR count). The quantitative estimate of drug-likeness (QED) is 0.710. The lowest BCUT2D eigenvalue weighted by Gasteiger charge is -2.27. The highest BCUT2D eigenvalue weighted by Gasteiger charge is 2.18. The Morgan fingerprint density at radius 3 is 2.67 bits per heavy atom. The fraction of sp³-hybridized carbons (Fsp3) is 0.304. The van der Waals surface area contributed by atoms with Crippen molar-refractivity contribution in [2.24, 2.45) is 0 Å². The molecule has 1 N–H and O–H groups in total. The Balaban J connectivity index is 1.64. The lowest BCUT2D eigenvalue weighted by atomic mass is 10.1. The number of hydrogen-bond acceptors (Lipinski definition) is 5. The number of hydrogen-bond donors (Lipinski definition) is 1. The summed E-state index contributed by atoms with van der Waals surface area (Å²) in [6.45, 7) is 4.68. The second kappa shape index (κ2) is 10.5. The van der Waals surface area contributed by atoms with Gasteiger partial charge in [-0.05, 0) is 48.9 Å². The van der Waals surface area contributed by atoms with Crippen LogP contribution in [0.5, 0.6) is 11.5 Å². The van der Waals surface area contributed by atoms with Gasteiger partial charge in [-0.2, -0.15) is 0 Å². The van der Waals surface area contributed by atoms with Crippen molar-refractivity contribution in [3.8, 4) is 11.5 Å². The first-order valence-electron chi connectivity index (χ1n) is 9.87. The van der Waals surface area contributed by atoms with Crippen molar-refractivity contribution >= 4 is 23.6 Å². The fourth-order valence-electron chi connectivity index (χ4n) is 3.10. The van der Waals surface area contributed by atoms with Crippen molar-refractivity contribution in [1.82, 2.24) is 4.90 Å². The Bertz CT molecular complexity index is 920. The standard InChI is InChI=1S/C23H26N2O5/c1-3-30-20-9-7-17(15-21(20)28-2)8-10-22(26)24-19-6-4-5-18(16-19)23(27)25-11-13-29-14-12-25/h4-10,15-16H,3,11-14H2,1-2H3,(H,24,26). The van der Waals surface area contributed by atoms with E-state index in [-0.39, 0.29) is 11.8 Å². The smallest absolute Gasteiger partial charge is 0.254 e. The topological polar surface area (TPSA) is 77.1 Å². The monoisotopic (exact) mass is 410 g/mol. The Morgan fingerprint density at radius 2 is 1.93 bits per heavy atom. The molecule has 0 saturated carbocycles. The molecular formula is C23H26N2O5. The molecule has 0 unspecified atom stereocenters. The van der Waals surface area contributed by atoms with E-state index in [0.717, 1.165) is 5.56 Å². The first kappa shape index (κ1) is 21.4. The van der Waals surface area contributed by atoms with Gasteiger partial charge in [0.05, 0.1) is 26.9 Å². The number of rotatable bonds is 7. The zero-order valence-corrected chi connectivity index (χ0v) is 17.2. The first-order valence-corrected chi connectivity index (χ1v) is 9.87. The van der Waals surface area contributed by atoms with E-state index in [1.165, 1.54) is 6.08 Å². The summed E-state index contributed by atoms with van der Waals surface area (Å²) in [6, 6.07) is 12.4. The summed E-state index contributed by atoms with van der Waals surface area (Å²) in [5, 5.41) is 2.79. The number of anilines is 1. The van der Waals surface area contributed by atoms with E-state index in [2.05, 4.69) is 5.32 Å². The van der Waals surface area contributed by atoms with Gasteiger partial charge >= 0.3 is 0 Å². The van der Waals surface area contributed by atoms with Crippen LogP contribution in [-0.4, -0.2) is 56.7 Å². The van der Waals surface area contributed by atoms with E-state index < -0.39 is 0 Å². The van der Waals surface area contributed by atoms with Crippen LogP contribution in [0.25, 0.3) is 6.08 Å². The minimum absolute atomic E-state index is 0.0635. The number of morpholine rings is 1. The van der Waals surface area contributed by atoms with Crippen LogP contribution in [0.3, 0.4) is 0 Å². The van der Waals surface area contributed by atoms with E-state index in [1.54, 1.807) is 54.5 Å². The van der Waals surface area contributed by atoms with Crippen molar-refractivity contribution in [2.45, 2.75) is 6.92 Å². The summed E-state index contributed by atoms with van der Waals surface area (Å²) >= 11 is 0. The Labute approximate surface area is 176 Å². The van der Waals surface area contributed by atoms with Crippen molar-refractivity contribution in [3.05, 3.63) is 59.7 Å². The minimum atomic E-state index is -0.293. The van der Waals surface area contributed by atoms with Crippen LogP contribution in [0.2, 0.25) is 0 Å². The summed E-state index contributed by atoms with van der Waals surface area (Å²) in [5.41, 5.74) is 1.91. The molecule has 1 saturated heterocycles. The molecule has 1 aliphatic heterocycles. The van der Waals surface area contributed by atoms with Gasteiger partial charge in [-0.15, -0.1) is 0 Å². The van der Waals surface area contributed by atoms with Crippen LogP contribution in [0, 0.1) is 0 Å². The molecule has 1 heterocycles. The van der Waals surface area contributed by atoms with Gasteiger partial charge in [0.25, 0.3) is 5.91 Å². The highest BCUT2D eigenvalue weighted by molar-refractivity contribution is 6.03. The molecule has 0 bridgehead atoms. The number of nitrogens with zero attached hydrogens (tertiary/aromatic N) is 1. The molecule has 0 aromatic heterocycles. The van der Waals surface area contributed by atoms with Gasteiger partial charge in [-0.1, -0.05) is 12.1 Å². The number of methoxy groups -OCH3 is 1. The van der Waals surface area contributed by atoms with Crippen molar-refractivity contribution in [1.29, 1.82) is 0 Å². The van der Waals surface area contributed by atoms with Gasteiger partial charge < -0.3 is 24.4 Å². The third-order valence-corrected chi connectivity index (χ3v) is 4.59. The maximum atomic E-state index is 12.6. The number of carbonyl (C=O) groups excluding carboxylic acids is 2. The van der Waals surface area contributed by atoms with E-state index in [1.807, 2.05) is 13.0 Å².